The van der Waals surface area contributed by atoms with Gasteiger partial charge in [0.15, 0.2) is 0 Å². The van der Waals surface area contributed by atoms with E-state index in [2.05, 4.69) is 5.32 Å². The van der Waals surface area contributed by atoms with Crippen LogP contribution in [0, 0.1) is 0 Å². The van der Waals surface area contributed by atoms with Crippen molar-refractivity contribution in [3.63, 3.8) is 0 Å². The molecular weight excluding hydrogens is 407 g/mol. The van der Waals surface area contributed by atoms with E-state index >= 15 is 0 Å². The van der Waals surface area contributed by atoms with Crippen molar-refractivity contribution in [2.75, 3.05) is 6.54 Å². The van der Waals surface area contributed by atoms with E-state index in [0.717, 1.165) is 17.5 Å². The number of carbonyl (C=O) groups is 2. The van der Waals surface area contributed by atoms with Gasteiger partial charge in [0, 0.05) is 36.0 Å². The van der Waals surface area contributed by atoms with Crippen molar-refractivity contribution in [1.82, 2.24) is 10.2 Å². The summed E-state index contributed by atoms with van der Waals surface area (Å²) in [5.41, 5.74) is 1.77. The number of nitrogens with one attached hydrogen (secondary N) is 1. The molecule has 6 heteroatoms. The number of hydrogen-bond acceptors (Lipinski definition) is 2. The molecule has 4 nitrogen and oxygen atoms in total. The van der Waals surface area contributed by atoms with Gasteiger partial charge in [-0.05, 0) is 36.1 Å². The maximum absolute atomic E-state index is 13.0. The first-order valence-corrected chi connectivity index (χ1v) is 10.8. The Balaban J connectivity index is 2.38. The third-order valence-corrected chi connectivity index (χ3v) is 5.23. The number of halogens is 2. The molecule has 29 heavy (non-hydrogen) atoms. The van der Waals surface area contributed by atoms with E-state index < -0.39 is 6.04 Å². The van der Waals surface area contributed by atoms with Crippen molar-refractivity contribution >= 4 is 35.0 Å². The third-order valence-electron chi connectivity index (χ3n) is 4.64. The molecule has 0 bridgehead atoms. The van der Waals surface area contributed by atoms with Crippen LogP contribution in [0.4, 0.5) is 0 Å². The monoisotopic (exact) mass is 434 g/mol. The Kier molecular flexibility index (Phi) is 9.49. The van der Waals surface area contributed by atoms with E-state index in [1.807, 2.05) is 44.2 Å². The standard InChI is InChI=1S/C23H28Cl2N2O2/c1-3-8-22(28)27(16-18-11-12-19(24)15-20(18)25)21(23(29)26-13-4-2)14-17-9-6-5-7-10-17/h5-7,9-12,15,21H,3-4,8,13-14,16H2,1-2H3,(H,26,29)/t21-/m0/s1. The summed E-state index contributed by atoms with van der Waals surface area (Å²) in [5, 5.41) is 3.97. The second-order valence-corrected chi connectivity index (χ2v) is 7.85. The lowest BCUT2D eigenvalue weighted by Crippen LogP contribution is -2.50. The van der Waals surface area contributed by atoms with E-state index in [4.69, 9.17) is 23.2 Å². The molecule has 0 radical (unpaired) electrons. The quantitative estimate of drug-likeness (QED) is 0.554. The van der Waals surface area contributed by atoms with Crippen molar-refractivity contribution in [3.05, 3.63) is 69.7 Å². The zero-order valence-corrected chi connectivity index (χ0v) is 18.5. The molecule has 1 N–H and O–H groups in total. The van der Waals surface area contributed by atoms with Gasteiger partial charge in [0.1, 0.15) is 6.04 Å². The number of rotatable bonds is 10. The zero-order valence-electron chi connectivity index (χ0n) is 17.0. The first kappa shape index (κ1) is 23.2. The molecule has 0 fully saturated rings. The first-order chi connectivity index (χ1) is 14.0. The Labute approximate surface area is 183 Å². The summed E-state index contributed by atoms with van der Waals surface area (Å²) < 4.78 is 0. The van der Waals surface area contributed by atoms with Crippen molar-refractivity contribution in [2.45, 2.75) is 52.1 Å². The minimum absolute atomic E-state index is 0.0638. The van der Waals surface area contributed by atoms with Gasteiger partial charge in [-0.25, -0.2) is 0 Å². The summed E-state index contributed by atoms with van der Waals surface area (Å²) in [6.07, 6.45) is 2.35. The van der Waals surface area contributed by atoms with Gasteiger partial charge in [-0.1, -0.05) is 73.4 Å². The van der Waals surface area contributed by atoms with Crippen LogP contribution in [-0.4, -0.2) is 29.3 Å². The molecule has 156 valence electrons. The molecule has 2 aromatic rings. The van der Waals surface area contributed by atoms with Gasteiger partial charge < -0.3 is 10.2 Å². The molecule has 0 aliphatic heterocycles. The maximum atomic E-state index is 13.0. The maximum Gasteiger partial charge on any atom is 0.243 e. The predicted molar refractivity (Wildman–Crippen MR) is 119 cm³/mol. The Morgan fingerprint density at radius 1 is 1.03 bits per heavy atom. The fourth-order valence-corrected chi connectivity index (χ4v) is 3.58. The highest BCUT2D eigenvalue weighted by Gasteiger charge is 2.30. The lowest BCUT2D eigenvalue weighted by Gasteiger charge is -2.32. The highest BCUT2D eigenvalue weighted by molar-refractivity contribution is 6.35. The molecule has 0 unspecified atom stereocenters. The molecule has 2 amide bonds. The highest BCUT2D eigenvalue weighted by Crippen LogP contribution is 2.24. The molecule has 0 aromatic heterocycles. The van der Waals surface area contributed by atoms with Crippen LogP contribution in [0.25, 0.3) is 0 Å². The van der Waals surface area contributed by atoms with E-state index in [-0.39, 0.29) is 18.4 Å². The van der Waals surface area contributed by atoms with Gasteiger partial charge in [0.2, 0.25) is 11.8 Å². The summed E-state index contributed by atoms with van der Waals surface area (Å²) in [5.74, 6) is -0.212. The lowest BCUT2D eigenvalue weighted by atomic mass is 10.0. The van der Waals surface area contributed by atoms with Gasteiger partial charge in [0.25, 0.3) is 0 Å². The third kappa shape index (κ3) is 7.06. The molecule has 2 rings (SSSR count). The average molecular weight is 435 g/mol. The van der Waals surface area contributed by atoms with Crippen LogP contribution in [0.15, 0.2) is 48.5 Å². The van der Waals surface area contributed by atoms with E-state index in [9.17, 15) is 9.59 Å². The van der Waals surface area contributed by atoms with Crippen molar-refractivity contribution in [3.8, 4) is 0 Å². The second-order valence-electron chi connectivity index (χ2n) is 7.00. The Hall–Kier alpha value is -2.04. The molecule has 0 aliphatic rings. The summed E-state index contributed by atoms with van der Waals surface area (Å²) >= 11 is 12.4. The second kappa shape index (κ2) is 11.8. The highest BCUT2D eigenvalue weighted by atomic mass is 35.5. The summed E-state index contributed by atoms with van der Waals surface area (Å²) in [6, 6.07) is 14.3. The number of amides is 2. The predicted octanol–water partition coefficient (Wildman–Crippen LogP) is 5.26. The van der Waals surface area contributed by atoms with Crippen molar-refractivity contribution < 1.29 is 9.59 Å². The summed E-state index contributed by atoms with van der Waals surface area (Å²) in [4.78, 5) is 27.7. The fraction of sp³-hybridized carbons (Fsp3) is 0.391. The van der Waals surface area contributed by atoms with Crippen molar-refractivity contribution in [2.24, 2.45) is 0 Å². The molecule has 2 aromatic carbocycles. The Bertz CT molecular complexity index is 812. The van der Waals surface area contributed by atoms with Crippen LogP contribution in [0.2, 0.25) is 10.0 Å². The van der Waals surface area contributed by atoms with Gasteiger partial charge in [-0.15, -0.1) is 0 Å². The van der Waals surface area contributed by atoms with Gasteiger partial charge in [0.05, 0.1) is 0 Å². The van der Waals surface area contributed by atoms with Crippen LogP contribution in [0.1, 0.15) is 44.2 Å². The summed E-state index contributed by atoms with van der Waals surface area (Å²) in [7, 11) is 0. The molecule has 0 heterocycles. The molecular formula is C23H28Cl2N2O2. The van der Waals surface area contributed by atoms with Crippen LogP contribution in [-0.2, 0) is 22.6 Å². The number of carbonyl (C=O) groups excluding carboxylic acids is 2. The van der Waals surface area contributed by atoms with Gasteiger partial charge >= 0.3 is 0 Å². The Morgan fingerprint density at radius 3 is 2.38 bits per heavy atom. The van der Waals surface area contributed by atoms with Gasteiger partial charge in [-0.3, -0.25) is 9.59 Å². The molecule has 0 saturated carbocycles. The SMILES string of the molecule is CCCNC(=O)[C@H](Cc1ccccc1)N(Cc1ccc(Cl)cc1Cl)C(=O)CCC. The minimum Gasteiger partial charge on any atom is -0.354 e. The zero-order chi connectivity index (χ0) is 21.2. The molecule has 0 spiro atoms. The van der Waals surface area contributed by atoms with Crippen molar-refractivity contribution in [1.29, 1.82) is 0 Å². The van der Waals surface area contributed by atoms with Crippen LogP contribution in [0.3, 0.4) is 0 Å². The van der Waals surface area contributed by atoms with Gasteiger partial charge in [-0.2, -0.15) is 0 Å². The molecule has 0 aliphatic carbocycles. The average Bonchev–Trinajstić information content (AvgIpc) is 2.71. The van der Waals surface area contributed by atoms with E-state index in [0.29, 0.717) is 35.9 Å². The normalized spacial score (nSPS) is 11.7. The van der Waals surface area contributed by atoms with Crippen LogP contribution in [0.5, 0.6) is 0 Å². The van der Waals surface area contributed by atoms with E-state index in [1.165, 1.54) is 0 Å². The number of nitrogens with zero attached hydrogens (tertiary/aromatic N) is 1. The fourth-order valence-electron chi connectivity index (χ4n) is 3.11. The van der Waals surface area contributed by atoms with E-state index in [1.54, 1.807) is 23.1 Å². The van der Waals surface area contributed by atoms with Crippen LogP contribution >= 0.6 is 23.2 Å². The number of hydrogen-bond donors (Lipinski definition) is 1. The first-order valence-electron chi connectivity index (χ1n) is 10.0. The van der Waals surface area contributed by atoms with Crippen LogP contribution < -0.4 is 5.32 Å². The largest absolute Gasteiger partial charge is 0.354 e. The molecule has 1 atom stereocenters. The minimum atomic E-state index is -0.616. The molecule has 0 saturated heterocycles. The Morgan fingerprint density at radius 2 is 1.76 bits per heavy atom. The number of benzene rings is 2. The topological polar surface area (TPSA) is 49.4 Å². The smallest absolute Gasteiger partial charge is 0.243 e. The lowest BCUT2D eigenvalue weighted by molar-refractivity contribution is -0.141. The summed E-state index contributed by atoms with van der Waals surface area (Å²) in [6.45, 7) is 4.78.